The van der Waals surface area contributed by atoms with Gasteiger partial charge in [-0.1, -0.05) is 22.0 Å². The molecule has 0 radical (unpaired) electrons. The van der Waals surface area contributed by atoms with Crippen LogP contribution in [-0.2, 0) is 16.1 Å². The Morgan fingerprint density at radius 1 is 1.21 bits per heavy atom. The molecule has 0 fully saturated rings. The van der Waals surface area contributed by atoms with E-state index in [1.807, 2.05) is 36.4 Å². The molecule has 2 amide bonds. The molecule has 0 aliphatic heterocycles. The van der Waals surface area contributed by atoms with Gasteiger partial charge in [-0.15, -0.1) is 11.8 Å². The van der Waals surface area contributed by atoms with E-state index in [-0.39, 0.29) is 23.3 Å². The fraction of sp³-hybridized carbons (Fsp3) is 0.235. The first-order valence-corrected chi connectivity index (χ1v) is 9.25. The van der Waals surface area contributed by atoms with Gasteiger partial charge in [0.2, 0.25) is 11.8 Å². The van der Waals surface area contributed by atoms with E-state index in [1.165, 1.54) is 11.8 Å². The number of aromatic nitrogens is 1. The third-order valence-corrected chi connectivity index (χ3v) is 4.57. The molecule has 0 aliphatic carbocycles. The van der Waals surface area contributed by atoms with E-state index in [0.29, 0.717) is 6.54 Å². The minimum atomic E-state index is -0.123. The number of hydrogen-bond acceptors (Lipinski definition) is 4. The van der Waals surface area contributed by atoms with Crippen molar-refractivity contribution in [3.05, 3.63) is 58.8 Å². The zero-order valence-corrected chi connectivity index (χ0v) is 15.6. The van der Waals surface area contributed by atoms with Crippen LogP contribution in [0, 0.1) is 0 Å². The highest BCUT2D eigenvalue weighted by Crippen LogP contribution is 2.16. The third kappa shape index (κ3) is 6.33. The van der Waals surface area contributed by atoms with E-state index in [0.717, 1.165) is 15.7 Å². The number of amides is 2. The Hall–Kier alpha value is -1.86. The molecule has 1 N–H and O–H groups in total. The van der Waals surface area contributed by atoms with Crippen molar-refractivity contribution in [3.8, 4) is 0 Å². The van der Waals surface area contributed by atoms with Gasteiger partial charge in [-0.25, -0.2) is 0 Å². The predicted octanol–water partition coefficient (Wildman–Crippen LogP) is 3.17. The molecule has 0 spiro atoms. The number of anilines is 1. The Balaban J connectivity index is 1.71. The van der Waals surface area contributed by atoms with E-state index >= 15 is 0 Å². The first-order valence-electron chi connectivity index (χ1n) is 7.30. The zero-order valence-electron chi connectivity index (χ0n) is 13.2. The van der Waals surface area contributed by atoms with E-state index in [1.54, 1.807) is 24.3 Å². The van der Waals surface area contributed by atoms with Crippen molar-refractivity contribution in [1.82, 2.24) is 9.88 Å². The molecule has 0 bridgehead atoms. The minimum Gasteiger partial charge on any atom is -0.341 e. The number of rotatable bonds is 7. The molecule has 2 aromatic rings. The van der Waals surface area contributed by atoms with Crippen LogP contribution in [0.25, 0.3) is 0 Å². The third-order valence-electron chi connectivity index (χ3n) is 3.16. The average molecular weight is 408 g/mol. The Morgan fingerprint density at radius 2 is 1.96 bits per heavy atom. The average Bonchev–Trinajstić information content (AvgIpc) is 2.55. The van der Waals surface area contributed by atoms with Gasteiger partial charge in [-0.05, 0) is 35.9 Å². The monoisotopic (exact) mass is 407 g/mol. The van der Waals surface area contributed by atoms with Gasteiger partial charge >= 0.3 is 0 Å². The van der Waals surface area contributed by atoms with Crippen LogP contribution in [0.5, 0.6) is 0 Å². The molecular weight excluding hydrogens is 390 g/mol. The Bertz CT molecular complexity index is 697. The van der Waals surface area contributed by atoms with Crippen molar-refractivity contribution in [1.29, 1.82) is 0 Å². The lowest BCUT2D eigenvalue weighted by Gasteiger charge is -2.16. The van der Waals surface area contributed by atoms with Crippen LogP contribution >= 0.6 is 27.7 Å². The topological polar surface area (TPSA) is 62.3 Å². The number of halogens is 1. The van der Waals surface area contributed by atoms with Crippen LogP contribution in [0.15, 0.2) is 53.3 Å². The van der Waals surface area contributed by atoms with Gasteiger partial charge in [0.25, 0.3) is 0 Å². The van der Waals surface area contributed by atoms with Gasteiger partial charge in [-0.2, -0.15) is 0 Å². The van der Waals surface area contributed by atoms with Crippen LogP contribution in [0.2, 0.25) is 0 Å². The summed E-state index contributed by atoms with van der Waals surface area (Å²) >= 11 is 4.66. The van der Waals surface area contributed by atoms with Gasteiger partial charge in [-0.3, -0.25) is 14.6 Å². The number of pyridine rings is 1. The summed E-state index contributed by atoms with van der Waals surface area (Å²) < 4.78 is 0.904. The Morgan fingerprint density at radius 3 is 2.67 bits per heavy atom. The van der Waals surface area contributed by atoms with E-state index in [4.69, 9.17) is 0 Å². The normalized spacial score (nSPS) is 10.2. The molecule has 126 valence electrons. The quantitative estimate of drug-likeness (QED) is 0.765. The summed E-state index contributed by atoms with van der Waals surface area (Å²) in [5, 5.41) is 2.80. The van der Waals surface area contributed by atoms with Crippen LogP contribution in [-0.4, -0.2) is 40.3 Å². The molecule has 1 aromatic carbocycles. The highest BCUT2D eigenvalue weighted by molar-refractivity contribution is 9.10. The lowest BCUT2D eigenvalue weighted by atomic mass is 10.2. The maximum atomic E-state index is 12.1. The second-order valence-corrected chi connectivity index (χ2v) is 7.06. The predicted molar refractivity (Wildman–Crippen MR) is 101 cm³/mol. The number of hydrogen-bond donors (Lipinski definition) is 1. The molecule has 0 unspecified atom stereocenters. The Kier molecular flexibility index (Phi) is 7.27. The summed E-state index contributed by atoms with van der Waals surface area (Å²) in [6, 6.07) is 11.1. The number of benzene rings is 1. The molecule has 0 atom stereocenters. The van der Waals surface area contributed by atoms with Crippen molar-refractivity contribution < 1.29 is 9.59 Å². The highest BCUT2D eigenvalue weighted by atomic mass is 79.9. The minimum absolute atomic E-state index is 0.00734. The van der Waals surface area contributed by atoms with Gasteiger partial charge in [0, 0.05) is 36.1 Å². The summed E-state index contributed by atoms with van der Waals surface area (Å²) in [7, 11) is 1.75. The number of thioether (sulfide) groups is 1. The molecular formula is C17H18BrN3O2S. The van der Waals surface area contributed by atoms with Crippen molar-refractivity contribution in [3.63, 3.8) is 0 Å². The van der Waals surface area contributed by atoms with Crippen LogP contribution in [0.4, 0.5) is 5.69 Å². The maximum Gasteiger partial charge on any atom is 0.234 e. The molecule has 0 saturated heterocycles. The maximum absolute atomic E-state index is 12.1. The number of carbonyl (C=O) groups is 2. The van der Waals surface area contributed by atoms with Crippen molar-refractivity contribution in [2.24, 2.45) is 0 Å². The lowest BCUT2D eigenvalue weighted by molar-refractivity contribution is -0.127. The highest BCUT2D eigenvalue weighted by Gasteiger charge is 2.11. The summed E-state index contributed by atoms with van der Waals surface area (Å²) in [6.07, 6.45) is 3.41. The fourth-order valence-corrected chi connectivity index (χ4v) is 3.11. The first-order chi connectivity index (χ1) is 11.5. The first kappa shape index (κ1) is 18.5. The van der Waals surface area contributed by atoms with Crippen molar-refractivity contribution >= 4 is 45.2 Å². The van der Waals surface area contributed by atoms with Gasteiger partial charge in [0.15, 0.2) is 0 Å². The van der Waals surface area contributed by atoms with Gasteiger partial charge in [0.1, 0.15) is 0 Å². The second-order valence-electron chi connectivity index (χ2n) is 5.16. The van der Waals surface area contributed by atoms with Crippen LogP contribution in [0.1, 0.15) is 5.56 Å². The zero-order chi connectivity index (χ0) is 17.4. The van der Waals surface area contributed by atoms with Crippen molar-refractivity contribution in [2.75, 3.05) is 23.9 Å². The summed E-state index contributed by atoms with van der Waals surface area (Å²) in [6.45, 7) is 0.534. The summed E-state index contributed by atoms with van der Waals surface area (Å²) in [4.78, 5) is 29.6. The SMILES string of the molecule is CN(Cc1ccncc1)C(=O)CSCC(=O)Nc1cccc(Br)c1. The summed E-state index contributed by atoms with van der Waals surface area (Å²) in [5.41, 5.74) is 1.76. The number of carbonyl (C=O) groups excluding carboxylic acids is 2. The van der Waals surface area contributed by atoms with E-state index in [2.05, 4.69) is 26.2 Å². The van der Waals surface area contributed by atoms with Gasteiger partial charge < -0.3 is 10.2 Å². The standard InChI is InChI=1S/C17H18BrN3O2S/c1-21(10-13-5-7-19-8-6-13)17(23)12-24-11-16(22)20-15-4-2-3-14(18)9-15/h2-9H,10-12H2,1H3,(H,20,22). The molecule has 1 heterocycles. The van der Waals surface area contributed by atoms with Crippen LogP contribution in [0.3, 0.4) is 0 Å². The fourth-order valence-electron chi connectivity index (χ4n) is 1.95. The Labute approximate surface area is 154 Å². The van der Waals surface area contributed by atoms with Gasteiger partial charge in [0.05, 0.1) is 11.5 Å². The van der Waals surface area contributed by atoms with E-state index in [9.17, 15) is 9.59 Å². The molecule has 24 heavy (non-hydrogen) atoms. The van der Waals surface area contributed by atoms with Crippen LogP contribution < -0.4 is 5.32 Å². The van der Waals surface area contributed by atoms with Crippen molar-refractivity contribution in [2.45, 2.75) is 6.54 Å². The molecule has 5 nitrogen and oxygen atoms in total. The molecule has 0 aliphatic rings. The number of nitrogens with zero attached hydrogens (tertiary/aromatic N) is 2. The molecule has 1 aromatic heterocycles. The molecule has 0 saturated carbocycles. The number of nitrogens with one attached hydrogen (secondary N) is 1. The molecule has 7 heteroatoms. The lowest BCUT2D eigenvalue weighted by Crippen LogP contribution is -2.28. The molecule has 2 rings (SSSR count). The smallest absolute Gasteiger partial charge is 0.234 e. The summed E-state index contributed by atoms with van der Waals surface area (Å²) in [5.74, 6) is 0.379. The largest absolute Gasteiger partial charge is 0.341 e. The van der Waals surface area contributed by atoms with E-state index < -0.39 is 0 Å². The second kappa shape index (κ2) is 9.44.